The zero-order valence-electron chi connectivity index (χ0n) is 12.5. The lowest BCUT2D eigenvalue weighted by molar-refractivity contribution is 0.0915. The summed E-state index contributed by atoms with van der Waals surface area (Å²) in [5.41, 5.74) is 2.72. The lowest BCUT2D eigenvalue weighted by atomic mass is 9.84. The molecule has 0 aromatic heterocycles. The van der Waals surface area contributed by atoms with Crippen LogP contribution in [-0.2, 0) is 16.3 Å². The molecule has 0 fully saturated rings. The molecule has 3 nitrogen and oxygen atoms in total. The second-order valence-corrected chi connectivity index (χ2v) is 7.89. The summed E-state index contributed by atoms with van der Waals surface area (Å²) >= 11 is 0. The molecule has 0 saturated carbocycles. The molecule has 0 N–H and O–H groups in total. The number of rotatable bonds is 3. The third-order valence-corrected chi connectivity index (χ3v) is 6.05. The van der Waals surface area contributed by atoms with Crippen molar-refractivity contribution in [2.45, 2.75) is 24.7 Å². The molecule has 0 spiro atoms. The molecule has 114 valence electrons. The second-order valence-electron chi connectivity index (χ2n) is 5.85. The molecule has 0 amide bonds. The Morgan fingerprint density at radius 3 is 2.45 bits per heavy atom. The second kappa shape index (κ2) is 5.69. The van der Waals surface area contributed by atoms with Crippen molar-refractivity contribution < 1.29 is 13.2 Å². The summed E-state index contributed by atoms with van der Waals surface area (Å²) in [4.78, 5) is 12.8. The number of carbonyl (C=O) groups excluding carboxylic acids is 1. The Kier molecular flexibility index (Phi) is 3.87. The molecule has 0 unspecified atom stereocenters. The Bertz CT molecular complexity index is 804. The van der Waals surface area contributed by atoms with Crippen molar-refractivity contribution in [1.82, 2.24) is 0 Å². The molecule has 22 heavy (non-hydrogen) atoms. The maximum absolute atomic E-state index is 12.5. The van der Waals surface area contributed by atoms with Crippen molar-refractivity contribution in [2.75, 3.05) is 5.75 Å². The lowest BCUT2D eigenvalue weighted by Gasteiger charge is -2.23. The molecular weight excluding hydrogens is 296 g/mol. The summed E-state index contributed by atoms with van der Waals surface area (Å²) < 4.78 is 25.0. The Morgan fingerprint density at radius 1 is 1.05 bits per heavy atom. The van der Waals surface area contributed by atoms with Gasteiger partial charge in [0.25, 0.3) is 0 Å². The Morgan fingerprint density at radius 2 is 1.73 bits per heavy atom. The van der Waals surface area contributed by atoms with E-state index in [4.69, 9.17) is 0 Å². The van der Waals surface area contributed by atoms with E-state index < -0.39 is 15.8 Å². The van der Waals surface area contributed by atoms with Crippen molar-refractivity contribution in [3.63, 3.8) is 0 Å². The first-order valence-electron chi connectivity index (χ1n) is 7.39. The van der Waals surface area contributed by atoms with Gasteiger partial charge in [-0.2, -0.15) is 0 Å². The van der Waals surface area contributed by atoms with Crippen molar-refractivity contribution in [3.8, 4) is 0 Å². The predicted molar refractivity (Wildman–Crippen MR) is 85.8 cm³/mol. The van der Waals surface area contributed by atoms with Gasteiger partial charge in [0.1, 0.15) is 0 Å². The van der Waals surface area contributed by atoms with Gasteiger partial charge >= 0.3 is 0 Å². The molecule has 4 heteroatoms. The van der Waals surface area contributed by atoms with Crippen LogP contribution in [0.5, 0.6) is 0 Å². The molecule has 0 radical (unpaired) electrons. The average molecular weight is 314 g/mol. The van der Waals surface area contributed by atoms with E-state index in [1.807, 2.05) is 25.1 Å². The molecule has 2 aromatic rings. The van der Waals surface area contributed by atoms with Gasteiger partial charge in [-0.15, -0.1) is 0 Å². The number of aryl methyl sites for hydroxylation is 2. The van der Waals surface area contributed by atoms with E-state index in [0.29, 0.717) is 16.9 Å². The number of carbonyl (C=O) groups is 1. The van der Waals surface area contributed by atoms with E-state index in [2.05, 4.69) is 0 Å². The molecule has 3 rings (SSSR count). The van der Waals surface area contributed by atoms with Gasteiger partial charge in [0, 0.05) is 11.5 Å². The Labute approximate surface area is 130 Å². The van der Waals surface area contributed by atoms with Crippen LogP contribution in [0.2, 0.25) is 0 Å². The third kappa shape index (κ3) is 2.83. The quantitative estimate of drug-likeness (QED) is 0.874. The van der Waals surface area contributed by atoms with Crippen LogP contribution in [0.15, 0.2) is 53.4 Å². The van der Waals surface area contributed by atoms with Gasteiger partial charge in [-0.25, -0.2) is 8.42 Å². The van der Waals surface area contributed by atoms with Crippen LogP contribution in [0.1, 0.15) is 27.9 Å². The minimum Gasteiger partial charge on any atom is -0.294 e. The van der Waals surface area contributed by atoms with E-state index in [0.717, 1.165) is 17.5 Å². The molecule has 0 saturated heterocycles. The minimum absolute atomic E-state index is 0.0439. The fourth-order valence-corrected chi connectivity index (χ4v) is 4.52. The SMILES string of the molecule is Cc1ccc(S(=O)(=O)C[C@H]2CCc3ccccc3C2=O)cc1. The molecule has 1 atom stereocenters. The fourth-order valence-electron chi connectivity index (χ4n) is 2.93. The van der Waals surface area contributed by atoms with Crippen LogP contribution in [-0.4, -0.2) is 20.0 Å². The van der Waals surface area contributed by atoms with Gasteiger partial charge in [0.05, 0.1) is 10.6 Å². The van der Waals surface area contributed by atoms with Crippen molar-refractivity contribution in [2.24, 2.45) is 5.92 Å². The number of fused-ring (bicyclic) bond motifs is 1. The van der Waals surface area contributed by atoms with E-state index in [1.54, 1.807) is 30.3 Å². The van der Waals surface area contributed by atoms with Gasteiger partial charge in [-0.3, -0.25) is 4.79 Å². The highest BCUT2D eigenvalue weighted by atomic mass is 32.2. The number of ketones is 1. The summed E-state index contributed by atoms with van der Waals surface area (Å²) in [5, 5.41) is 0. The first-order chi connectivity index (χ1) is 10.5. The number of hydrogen-bond acceptors (Lipinski definition) is 3. The summed E-state index contributed by atoms with van der Waals surface area (Å²) in [7, 11) is -3.43. The zero-order valence-corrected chi connectivity index (χ0v) is 13.3. The molecule has 1 aliphatic rings. The maximum atomic E-state index is 12.5. The van der Waals surface area contributed by atoms with Crippen LogP contribution in [0, 0.1) is 12.8 Å². The van der Waals surface area contributed by atoms with E-state index in [-0.39, 0.29) is 11.5 Å². The summed E-state index contributed by atoms with van der Waals surface area (Å²) in [6.45, 7) is 1.91. The highest BCUT2D eigenvalue weighted by Gasteiger charge is 2.31. The van der Waals surface area contributed by atoms with Crippen molar-refractivity contribution >= 4 is 15.6 Å². The van der Waals surface area contributed by atoms with Crippen molar-refractivity contribution in [1.29, 1.82) is 0 Å². The minimum atomic E-state index is -3.43. The normalized spacial score (nSPS) is 18.0. The molecule has 0 bridgehead atoms. The molecule has 0 aliphatic heterocycles. The van der Waals surface area contributed by atoms with Crippen LogP contribution < -0.4 is 0 Å². The first-order valence-corrected chi connectivity index (χ1v) is 9.04. The number of hydrogen-bond donors (Lipinski definition) is 0. The van der Waals surface area contributed by atoms with Crippen LogP contribution in [0.4, 0.5) is 0 Å². The van der Waals surface area contributed by atoms with E-state index >= 15 is 0 Å². The van der Waals surface area contributed by atoms with E-state index in [1.165, 1.54) is 0 Å². The van der Waals surface area contributed by atoms with Gasteiger partial charge in [0.15, 0.2) is 15.6 Å². The Hall–Kier alpha value is -1.94. The standard InChI is InChI=1S/C18H18O3S/c1-13-6-10-16(11-7-13)22(20,21)12-15-9-8-14-4-2-3-5-17(14)18(15)19/h2-7,10-11,15H,8-9,12H2,1H3/t15-/m1/s1. The van der Waals surface area contributed by atoms with Gasteiger partial charge in [-0.05, 0) is 37.5 Å². The summed E-state index contributed by atoms with van der Waals surface area (Å²) in [6.07, 6.45) is 1.36. The largest absolute Gasteiger partial charge is 0.294 e. The average Bonchev–Trinajstić information content (AvgIpc) is 2.51. The smallest absolute Gasteiger partial charge is 0.179 e. The van der Waals surface area contributed by atoms with Gasteiger partial charge in [-0.1, -0.05) is 42.0 Å². The molecule has 2 aromatic carbocycles. The highest BCUT2D eigenvalue weighted by Crippen LogP contribution is 2.28. The maximum Gasteiger partial charge on any atom is 0.179 e. The molecular formula is C18H18O3S. The third-order valence-electron chi connectivity index (χ3n) is 4.22. The number of benzene rings is 2. The fraction of sp³-hybridized carbons (Fsp3) is 0.278. The Balaban J connectivity index is 1.85. The van der Waals surface area contributed by atoms with Crippen molar-refractivity contribution in [3.05, 3.63) is 65.2 Å². The zero-order chi connectivity index (χ0) is 15.7. The number of sulfone groups is 1. The van der Waals surface area contributed by atoms with Gasteiger partial charge < -0.3 is 0 Å². The van der Waals surface area contributed by atoms with Crippen LogP contribution in [0.3, 0.4) is 0 Å². The van der Waals surface area contributed by atoms with Crippen LogP contribution >= 0.6 is 0 Å². The monoisotopic (exact) mass is 314 g/mol. The molecule has 1 aliphatic carbocycles. The highest BCUT2D eigenvalue weighted by molar-refractivity contribution is 7.91. The molecule has 0 heterocycles. The number of Topliss-reactive ketones (excluding diaryl/α,β-unsaturated/α-hetero) is 1. The lowest BCUT2D eigenvalue weighted by Crippen LogP contribution is -2.29. The van der Waals surface area contributed by atoms with E-state index in [9.17, 15) is 13.2 Å². The topological polar surface area (TPSA) is 51.2 Å². The first kappa shape index (κ1) is 15.0. The summed E-state index contributed by atoms with van der Waals surface area (Å²) in [5.74, 6) is -0.595. The predicted octanol–water partition coefficient (Wildman–Crippen LogP) is 3.21. The summed E-state index contributed by atoms with van der Waals surface area (Å²) in [6, 6.07) is 14.3. The van der Waals surface area contributed by atoms with Crippen LogP contribution in [0.25, 0.3) is 0 Å². The van der Waals surface area contributed by atoms with Gasteiger partial charge in [0.2, 0.25) is 0 Å².